The molecule has 1 N–H and O–H groups in total. The van der Waals surface area contributed by atoms with Crippen LogP contribution in [0.4, 0.5) is 0 Å². The third kappa shape index (κ3) is 4.45. The molecule has 0 atom stereocenters. The average Bonchev–Trinajstić information content (AvgIpc) is 2.70. The fourth-order valence-electron chi connectivity index (χ4n) is 2.95. The van der Waals surface area contributed by atoms with Gasteiger partial charge in [0.15, 0.2) is 0 Å². The Kier molecular flexibility index (Phi) is 6.06. The number of aromatic hydroxyl groups is 1. The second-order valence-corrected chi connectivity index (χ2v) is 6.10. The molecule has 3 aromatic rings. The van der Waals surface area contributed by atoms with Crippen LogP contribution in [0.3, 0.4) is 0 Å². The Bertz CT molecular complexity index is 929. The number of phenols is 1. The van der Waals surface area contributed by atoms with Crippen molar-refractivity contribution in [3.05, 3.63) is 95.6 Å². The predicted octanol–water partition coefficient (Wildman–Crippen LogP) is 5.49. The van der Waals surface area contributed by atoms with E-state index in [2.05, 4.69) is 0 Å². The fraction of sp³-hybridized carbons (Fsp3) is 0.125. The van der Waals surface area contributed by atoms with E-state index in [0.717, 1.165) is 11.1 Å². The lowest BCUT2D eigenvalue weighted by Gasteiger charge is -2.14. The Balaban J connectivity index is 1.95. The zero-order valence-electron chi connectivity index (χ0n) is 15.3. The number of carbonyl (C=O) groups excluding carboxylic acids is 1. The molecule has 0 bridgehead atoms. The molecule has 3 rings (SSSR count). The van der Waals surface area contributed by atoms with Gasteiger partial charge in [0, 0.05) is 0 Å². The van der Waals surface area contributed by atoms with E-state index >= 15 is 0 Å². The molecule has 136 valence electrons. The Hall–Kier alpha value is -3.33. The highest BCUT2D eigenvalue weighted by Crippen LogP contribution is 2.34. The standard InChI is InChI=1S/C24H22O3/c1-2-27-24(26)22-21(19-13-7-4-8-14-19)17-16-20(23(22)25)15-9-12-18-10-5-3-6-11-18/h3-14,16-17,25H,2,15H2,1H3/b12-9+. The molecule has 0 saturated heterocycles. The fourth-order valence-corrected chi connectivity index (χ4v) is 2.95. The summed E-state index contributed by atoms with van der Waals surface area (Å²) in [4.78, 5) is 12.5. The van der Waals surface area contributed by atoms with Gasteiger partial charge in [-0.1, -0.05) is 84.9 Å². The predicted molar refractivity (Wildman–Crippen MR) is 109 cm³/mol. The van der Waals surface area contributed by atoms with Crippen molar-refractivity contribution >= 4 is 12.0 Å². The molecular weight excluding hydrogens is 336 g/mol. The lowest BCUT2D eigenvalue weighted by molar-refractivity contribution is 0.0524. The molecule has 0 aliphatic carbocycles. The SMILES string of the molecule is CCOC(=O)c1c(-c2ccccc2)ccc(C/C=C/c2ccccc2)c1O. The molecule has 0 unspecified atom stereocenters. The van der Waals surface area contributed by atoms with Crippen LogP contribution in [0.1, 0.15) is 28.4 Å². The van der Waals surface area contributed by atoms with Crippen LogP contribution in [0.25, 0.3) is 17.2 Å². The summed E-state index contributed by atoms with van der Waals surface area (Å²) in [5.74, 6) is -0.532. The van der Waals surface area contributed by atoms with Gasteiger partial charge in [-0.15, -0.1) is 0 Å². The number of benzene rings is 3. The number of hydrogen-bond donors (Lipinski definition) is 1. The molecule has 0 saturated carbocycles. The van der Waals surface area contributed by atoms with Crippen LogP contribution >= 0.6 is 0 Å². The first-order chi connectivity index (χ1) is 13.2. The number of phenolic OH excluding ortho intramolecular Hbond substituents is 1. The van der Waals surface area contributed by atoms with Crippen LogP contribution in [0.2, 0.25) is 0 Å². The summed E-state index contributed by atoms with van der Waals surface area (Å²) in [5.41, 5.74) is 3.52. The van der Waals surface area contributed by atoms with Crippen molar-refractivity contribution in [1.29, 1.82) is 0 Å². The Morgan fingerprint density at radius 2 is 1.63 bits per heavy atom. The molecule has 0 radical (unpaired) electrons. The van der Waals surface area contributed by atoms with Gasteiger partial charge in [-0.3, -0.25) is 0 Å². The number of rotatable bonds is 6. The van der Waals surface area contributed by atoms with Gasteiger partial charge >= 0.3 is 5.97 Å². The van der Waals surface area contributed by atoms with E-state index < -0.39 is 5.97 Å². The third-order valence-electron chi connectivity index (χ3n) is 4.27. The van der Waals surface area contributed by atoms with Crippen molar-refractivity contribution in [3.63, 3.8) is 0 Å². The maximum absolute atomic E-state index is 12.5. The second kappa shape index (κ2) is 8.86. The van der Waals surface area contributed by atoms with E-state index in [1.807, 2.05) is 84.9 Å². The first kappa shape index (κ1) is 18.5. The van der Waals surface area contributed by atoms with Gasteiger partial charge in [0.25, 0.3) is 0 Å². The molecular formula is C24H22O3. The molecule has 3 heteroatoms. The lowest BCUT2D eigenvalue weighted by atomic mass is 9.95. The normalized spacial score (nSPS) is 10.9. The summed E-state index contributed by atoms with van der Waals surface area (Å²) in [5, 5.41) is 10.8. The van der Waals surface area contributed by atoms with Crippen molar-refractivity contribution in [2.24, 2.45) is 0 Å². The van der Waals surface area contributed by atoms with E-state index in [0.29, 0.717) is 17.5 Å². The van der Waals surface area contributed by atoms with Crippen LogP contribution in [-0.2, 0) is 11.2 Å². The second-order valence-electron chi connectivity index (χ2n) is 6.10. The van der Waals surface area contributed by atoms with Crippen LogP contribution < -0.4 is 0 Å². The summed E-state index contributed by atoms with van der Waals surface area (Å²) in [6.45, 7) is 2.01. The number of ether oxygens (including phenoxy) is 1. The summed E-state index contributed by atoms with van der Waals surface area (Å²) in [6, 6.07) is 23.2. The van der Waals surface area contributed by atoms with Gasteiger partial charge in [-0.2, -0.15) is 0 Å². The maximum Gasteiger partial charge on any atom is 0.342 e. The third-order valence-corrected chi connectivity index (χ3v) is 4.27. The van der Waals surface area contributed by atoms with Gasteiger partial charge < -0.3 is 9.84 Å². The van der Waals surface area contributed by atoms with Crippen molar-refractivity contribution in [2.75, 3.05) is 6.61 Å². The Morgan fingerprint density at radius 1 is 0.963 bits per heavy atom. The van der Waals surface area contributed by atoms with Crippen LogP contribution in [0.5, 0.6) is 5.75 Å². The highest BCUT2D eigenvalue weighted by molar-refractivity contribution is 6.00. The molecule has 27 heavy (non-hydrogen) atoms. The van der Waals surface area contributed by atoms with Crippen molar-refractivity contribution in [2.45, 2.75) is 13.3 Å². The minimum atomic E-state index is -0.511. The number of allylic oxidation sites excluding steroid dienone is 1. The van der Waals surface area contributed by atoms with Gasteiger partial charge in [0.2, 0.25) is 0 Å². The molecule has 0 spiro atoms. The Labute approximate surface area is 159 Å². The van der Waals surface area contributed by atoms with E-state index in [4.69, 9.17) is 4.74 Å². The number of hydrogen-bond acceptors (Lipinski definition) is 3. The molecule has 0 aliphatic rings. The molecule has 3 nitrogen and oxygen atoms in total. The van der Waals surface area contributed by atoms with Crippen LogP contribution in [0.15, 0.2) is 78.9 Å². The van der Waals surface area contributed by atoms with Gasteiger partial charge in [0.1, 0.15) is 11.3 Å². The first-order valence-electron chi connectivity index (χ1n) is 8.99. The van der Waals surface area contributed by atoms with E-state index in [1.54, 1.807) is 6.92 Å². The number of carbonyl (C=O) groups is 1. The molecule has 0 aromatic heterocycles. The minimum absolute atomic E-state index is 0.0208. The first-order valence-corrected chi connectivity index (χ1v) is 8.99. The summed E-state index contributed by atoms with van der Waals surface area (Å²) < 4.78 is 5.18. The molecule has 0 amide bonds. The van der Waals surface area contributed by atoms with Crippen molar-refractivity contribution in [1.82, 2.24) is 0 Å². The van der Waals surface area contributed by atoms with E-state index in [9.17, 15) is 9.90 Å². The zero-order valence-corrected chi connectivity index (χ0v) is 15.3. The summed E-state index contributed by atoms with van der Waals surface area (Å²) >= 11 is 0. The highest BCUT2D eigenvalue weighted by atomic mass is 16.5. The van der Waals surface area contributed by atoms with Crippen LogP contribution in [0, 0.1) is 0 Å². The average molecular weight is 358 g/mol. The Morgan fingerprint density at radius 3 is 2.30 bits per heavy atom. The number of esters is 1. The van der Waals surface area contributed by atoms with Crippen molar-refractivity contribution in [3.8, 4) is 16.9 Å². The van der Waals surface area contributed by atoms with Crippen molar-refractivity contribution < 1.29 is 14.6 Å². The topological polar surface area (TPSA) is 46.5 Å². The van der Waals surface area contributed by atoms with Crippen LogP contribution in [-0.4, -0.2) is 17.7 Å². The molecule has 0 fully saturated rings. The molecule has 0 aliphatic heterocycles. The minimum Gasteiger partial charge on any atom is -0.507 e. The van der Waals surface area contributed by atoms with Gasteiger partial charge in [-0.25, -0.2) is 4.79 Å². The van der Waals surface area contributed by atoms with Gasteiger partial charge in [0.05, 0.1) is 6.61 Å². The maximum atomic E-state index is 12.5. The summed E-state index contributed by atoms with van der Waals surface area (Å²) in [7, 11) is 0. The zero-order chi connectivity index (χ0) is 19.1. The van der Waals surface area contributed by atoms with Gasteiger partial charge in [-0.05, 0) is 35.6 Å². The largest absolute Gasteiger partial charge is 0.507 e. The van der Waals surface area contributed by atoms with E-state index in [1.165, 1.54) is 0 Å². The quantitative estimate of drug-likeness (QED) is 0.593. The molecule has 0 heterocycles. The van der Waals surface area contributed by atoms with E-state index in [-0.39, 0.29) is 17.9 Å². The lowest BCUT2D eigenvalue weighted by Crippen LogP contribution is -2.08. The molecule has 3 aromatic carbocycles. The summed E-state index contributed by atoms with van der Waals surface area (Å²) in [6.07, 6.45) is 4.48. The smallest absolute Gasteiger partial charge is 0.342 e. The monoisotopic (exact) mass is 358 g/mol. The highest BCUT2D eigenvalue weighted by Gasteiger charge is 2.21.